The summed E-state index contributed by atoms with van der Waals surface area (Å²) >= 11 is 1.68. The lowest BCUT2D eigenvalue weighted by molar-refractivity contribution is 0.284. The lowest BCUT2D eigenvalue weighted by Gasteiger charge is -2.12. The van der Waals surface area contributed by atoms with Crippen LogP contribution in [0.1, 0.15) is 11.1 Å². The third-order valence-corrected chi connectivity index (χ3v) is 5.30. The van der Waals surface area contributed by atoms with Crippen LogP contribution in [0.3, 0.4) is 0 Å². The van der Waals surface area contributed by atoms with E-state index >= 15 is 0 Å². The van der Waals surface area contributed by atoms with E-state index in [2.05, 4.69) is 37.3 Å². The molecule has 0 fully saturated rings. The maximum atomic E-state index is 5.96. The van der Waals surface area contributed by atoms with Gasteiger partial charge in [-0.05, 0) is 42.8 Å². The van der Waals surface area contributed by atoms with E-state index in [4.69, 9.17) is 14.5 Å². The molecule has 0 saturated carbocycles. The second-order valence-electron chi connectivity index (χ2n) is 6.13. The lowest BCUT2D eigenvalue weighted by atomic mass is 10.1. The number of hydrogen-bond donors (Lipinski definition) is 0. The summed E-state index contributed by atoms with van der Waals surface area (Å²) in [5.41, 5.74) is 4.43. The number of aromatic nitrogens is 1. The molecule has 0 aliphatic rings. The molecular weight excluding hydrogens is 342 g/mol. The Morgan fingerprint density at radius 3 is 2.50 bits per heavy atom. The van der Waals surface area contributed by atoms with Crippen LogP contribution < -0.4 is 9.47 Å². The maximum absolute atomic E-state index is 5.96. The predicted octanol–water partition coefficient (Wildman–Crippen LogP) is 5.86. The van der Waals surface area contributed by atoms with Gasteiger partial charge in [-0.25, -0.2) is 4.98 Å². The average molecular weight is 361 g/mol. The van der Waals surface area contributed by atoms with E-state index in [1.807, 2.05) is 36.4 Å². The number of para-hydroxylation sites is 1. The topological polar surface area (TPSA) is 31.4 Å². The van der Waals surface area contributed by atoms with E-state index < -0.39 is 0 Å². The largest absolute Gasteiger partial charge is 0.493 e. The Hall–Kier alpha value is -2.85. The minimum absolute atomic E-state index is 0.511. The van der Waals surface area contributed by atoms with Crippen LogP contribution >= 0.6 is 11.3 Å². The van der Waals surface area contributed by atoms with Crippen molar-refractivity contribution in [1.82, 2.24) is 4.98 Å². The quantitative estimate of drug-likeness (QED) is 0.446. The molecule has 0 unspecified atom stereocenters. The van der Waals surface area contributed by atoms with Crippen LogP contribution in [0.4, 0.5) is 0 Å². The number of aryl methyl sites for hydroxylation is 1. The predicted molar refractivity (Wildman–Crippen MR) is 107 cm³/mol. The molecule has 0 spiro atoms. The van der Waals surface area contributed by atoms with Gasteiger partial charge in [-0.1, -0.05) is 42.0 Å². The van der Waals surface area contributed by atoms with E-state index in [-0.39, 0.29) is 0 Å². The molecule has 1 aromatic heterocycles. The molecule has 0 N–H and O–H groups in total. The van der Waals surface area contributed by atoms with Crippen LogP contribution in [0.15, 0.2) is 66.7 Å². The molecular formula is C22H19NO2S. The van der Waals surface area contributed by atoms with Gasteiger partial charge in [-0.3, -0.25) is 0 Å². The monoisotopic (exact) mass is 361 g/mol. The molecule has 0 aliphatic heterocycles. The first kappa shape index (κ1) is 16.6. The van der Waals surface area contributed by atoms with Crippen molar-refractivity contribution in [3.05, 3.63) is 77.9 Å². The maximum Gasteiger partial charge on any atom is 0.161 e. The smallest absolute Gasteiger partial charge is 0.161 e. The van der Waals surface area contributed by atoms with Gasteiger partial charge < -0.3 is 9.47 Å². The standard InChI is InChI=1S/C22H19NO2S/c1-15-7-9-16(10-8-15)14-25-19-12-11-17(13-20(19)24-2)22-23-18-5-3-4-6-21(18)26-22/h3-13H,14H2,1-2H3. The number of methoxy groups -OCH3 is 1. The molecule has 0 radical (unpaired) electrons. The molecule has 3 nitrogen and oxygen atoms in total. The third kappa shape index (κ3) is 3.41. The number of ether oxygens (including phenoxy) is 2. The Bertz CT molecular complexity index is 1000. The summed E-state index contributed by atoms with van der Waals surface area (Å²) in [6.45, 7) is 2.59. The van der Waals surface area contributed by atoms with Crippen LogP contribution in [0.2, 0.25) is 0 Å². The van der Waals surface area contributed by atoms with Gasteiger partial charge in [0, 0.05) is 5.56 Å². The molecule has 1 heterocycles. The molecule has 0 bridgehead atoms. The van der Waals surface area contributed by atoms with Crippen LogP contribution in [-0.4, -0.2) is 12.1 Å². The summed E-state index contributed by atoms with van der Waals surface area (Å²) in [5.74, 6) is 1.45. The summed E-state index contributed by atoms with van der Waals surface area (Å²) in [5, 5.41) is 0.981. The third-order valence-electron chi connectivity index (χ3n) is 4.22. The fraction of sp³-hybridized carbons (Fsp3) is 0.136. The first-order chi connectivity index (χ1) is 12.7. The fourth-order valence-electron chi connectivity index (χ4n) is 2.76. The number of nitrogens with zero attached hydrogens (tertiary/aromatic N) is 1. The molecule has 0 aliphatic carbocycles. The van der Waals surface area contributed by atoms with Crippen LogP contribution in [-0.2, 0) is 6.61 Å². The highest BCUT2D eigenvalue weighted by Gasteiger charge is 2.11. The van der Waals surface area contributed by atoms with Gasteiger partial charge in [-0.15, -0.1) is 11.3 Å². The van der Waals surface area contributed by atoms with Crippen molar-refractivity contribution < 1.29 is 9.47 Å². The number of thiazole rings is 1. The van der Waals surface area contributed by atoms with Crippen LogP contribution in [0, 0.1) is 6.92 Å². The van der Waals surface area contributed by atoms with Gasteiger partial charge in [0.25, 0.3) is 0 Å². The number of rotatable bonds is 5. The molecule has 4 heteroatoms. The molecule has 0 saturated heterocycles. The Labute approximate surface area is 156 Å². The van der Waals surface area contributed by atoms with E-state index in [1.54, 1.807) is 18.4 Å². The zero-order valence-electron chi connectivity index (χ0n) is 14.7. The van der Waals surface area contributed by atoms with E-state index in [0.717, 1.165) is 27.4 Å². The van der Waals surface area contributed by atoms with Crippen molar-refractivity contribution in [3.63, 3.8) is 0 Å². The Kier molecular flexibility index (Phi) is 4.59. The molecule has 4 rings (SSSR count). The van der Waals surface area contributed by atoms with E-state index in [0.29, 0.717) is 12.4 Å². The molecule has 0 amide bonds. The first-order valence-electron chi connectivity index (χ1n) is 8.45. The van der Waals surface area contributed by atoms with Crippen LogP contribution in [0.25, 0.3) is 20.8 Å². The molecule has 130 valence electrons. The van der Waals surface area contributed by atoms with Gasteiger partial charge in [0.05, 0.1) is 17.3 Å². The Morgan fingerprint density at radius 2 is 1.73 bits per heavy atom. The molecule has 3 aromatic carbocycles. The zero-order chi connectivity index (χ0) is 17.9. The average Bonchev–Trinajstić information content (AvgIpc) is 3.11. The van der Waals surface area contributed by atoms with Crippen molar-refractivity contribution in [2.45, 2.75) is 13.5 Å². The number of hydrogen-bond acceptors (Lipinski definition) is 4. The van der Waals surface area contributed by atoms with E-state index in [1.165, 1.54) is 10.3 Å². The Morgan fingerprint density at radius 1 is 0.923 bits per heavy atom. The lowest BCUT2D eigenvalue weighted by Crippen LogP contribution is -1.98. The summed E-state index contributed by atoms with van der Waals surface area (Å²) in [4.78, 5) is 4.71. The van der Waals surface area contributed by atoms with E-state index in [9.17, 15) is 0 Å². The Balaban J connectivity index is 1.58. The van der Waals surface area contributed by atoms with Gasteiger partial charge >= 0.3 is 0 Å². The summed E-state index contributed by atoms with van der Waals surface area (Å²) in [6, 6.07) is 22.5. The van der Waals surface area contributed by atoms with Gasteiger partial charge in [0.2, 0.25) is 0 Å². The van der Waals surface area contributed by atoms with Crippen molar-refractivity contribution in [2.75, 3.05) is 7.11 Å². The second-order valence-corrected chi connectivity index (χ2v) is 7.16. The molecule has 0 atom stereocenters. The normalized spacial score (nSPS) is 10.8. The first-order valence-corrected chi connectivity index (χ1v) is 9.27. The summed E-state index contributed by atoms with van der Waals surface area (Å²) in [7, 11) is 1.66. The summed E-state index contributed by atoms with van der Waals surface area (Å²) in [6.07, 6.45) is 0. The summed E-state index contributed by atoms with van der Waals surface area (Å²) < 4.78 is 12.7. The van der Waals surface area contributed by atoms with Gasteiger partial charge in [-0.2, -0.15) is 0 Å². The highest BCUT2D eigenvalue weighted by atomic mass is 32.1. The van der Waals surface area contributed by atoms with Crippen molar-refractivity contribution in [2.24, 2.45) is 0 Å². The number of fused-ring (bicyclic) bond motifs is 1. The van der Waals surface area contributed by atoms with Crippen LogP contribution in [0.5, 0.6) is 11.5 Å². The minimum Gasteiger partial charge on any atom is -0.493 e. The van der Waals surface area contributed by atoms with Crippen molar-refractivity contribution >= 4 is 21.6 Å². The number of benzene rings is 3. The second kappa shape index (κ2) is 7.18. The fourth-order valence-corrected chi connectivity index (χ4v) is 3.72. The highest BCUT2D eigenvalue weighted by Crippen LogP contribution is 2.36. The van der Waals surface area contributed by atoms with Gasteiger partial charge in [0.1, 0.15) is 11.6 Å². The minimum atomic E-state index is 0.511. The highest BCUT2D eigenvalue weighted by molar-refractivity contribution is 7.21. The molecule has 4 aromatic rings. The zero-order valence-corrected chi connectivity index (χ0v) is 15.5. The SMILES string of the molecule is COc1cc(-c2nc3ccccc3s2)ccc1OCc1ccc(C)cc1. The van der Waals surface area contributed by atoms with Gasteiger partial charge in [0.15, 0.2) is 11.5 Å². The van der Waals surface area contributed by atoms with Crippen molar-refractivity contribution in [1.29, 1.82) is 0 Å². The molecule has 26 heavy (non-hydrogen) atoms. The van der Waals surface area contributed by atoms with Crippen molar-refractivity contribution in [3.8, 4) is 22.1 Å².